The summed E-state index contributed by atoms with van der Waals surface area (Å²) in [5.74, 6) is -0.942. The van der Waals surface area contributed by atoms with Gasteiger partial charge in [0, 0.05) is 41.2 Å². The van der Waals surface area contributed by atoms with E-state index in [1.54, 1.807) is 27.0 Å². The molecule has 1 amide bonds. The van der Waals surface area contributed by atoms with E-state index in [1.807, 2.05) is 0 Å². The molecule has 0 radical (unpaired) electrons. The van der Waals surface area contributed by atoms with E-state index >= 15 is 8.78 Å². The summed E-state index contributed by atoms with van der Waals surface area (Å²) < 4.78 is 43.0. The average molecular weight is 608 g/mol. The van der Waals surface area contributed by atoms with Gasteiger partial charge in [-0.3, -0.25) is 10.3 Å². The van der Waals surface area contributed by atoms with E-state index < -0.39 is 23.3 Å². The second-order valence-electron chi connectivity index (χ2n) is 11.7. The topological polar surface area (TPSA) is 125 Å². The third kappa shape index (κ3) is 5.03. The molecule has 1 saturated heterocycles. The number of halogens is 2. The van der Waals surface area contributed by atoms with Gasteiger partial charge in [-0.25, -0.2) is 23.5 Å². The fourth-order valence-corrected chi connectivity index (χ4v) is 6.94. The van der Waals surface area contributed by atoms with Gasteiger partial charge in [0.05, 0.1) is 35.4 Å². The fraction of sp³-hybridized carbons (Fsp3) is 0.433. The number of rotatable bonds is 5. The van der Waals surface area contributed by atoms with Gasteiger partial charge in [-0.05, 0) is 51.8 Å². The van der Waals surface area contributed by atoms with Crippen molar-refractivity contribution in [2.75, 3.05) is 23.3 Å². The van der Waals surface area contributed by atoms with Crippen molar-refractivity contribution >= 4 is 49.4 Å². The van der Waals surface area contributed by atoms with E-state index in [4.69, 9.17) is 14.5 Å². The molecule has 6 rings (SSSR count). The van der Waals surface area contributed by atoms with Crippen LogP contribution < -0.4 is 15.5 Å². The molecule has 1 fully saturated rings. The highest BCUT2D eigenvalue weighted by atomic mass is 32.1. The Labute approximate surface area is 251 Å². The molecule has 224 valence electrons. The van der Waals surface area contributed by atoms with Gasteiger partial charge < -0.3 is 19.7 Å². The lowest BCUT2D eigenvalue weighted by Crippen LogP contribution is -2.41. The second-order valence-corrected chi connectivity index (χ2v) is 12.7. The summed E-state index contributed by atoms with van der Waals surface area (Å²) in [5, 5.41) is 16.9. The Hall–Kier alpha value is -3.99. The van der Waals surface area contributed by atoms with E-state index in [1.165, 1.54) is 0 Å². The van der Waals surface area contributed by atoms with Gasteiger partial charge in [-0.15, -0.1) is 11.3 Å². The number of likely N-dealkylation sites (N-methyl/N-ethyl adjacent to an activating group) is 1. The van der Waals surface area contributed by atoms with Crippen molar-refractivity contribution in [3.63, 3.8) is 0 Å². The number of carbonyl (C=O) groups excluding carboxylic acids is 1. The monoisotopic (exact) mass is 607 g/mol. The highest BCUT2D eigenvalue weighted by Gasteiger charge is 2.34. The van der Waals surface area contributed by atoms with Gasteiger partial charge in [-0.2, -0.15) is 5.26 Å². The Bertz CT molecular complexity index is 1810. The minimum Gasteiger partial charge on any atom is -0.444 e. The van der Waals surface area contributed by atoms with Crippen LogP contribution in [0.3, 0.4) is 0 Å². The molecule has 0 unspecified atom stereocenters. The molecule has 4 aromatic rings. The zero-order chi connectivity index (χ0) is 30.6. The first kappa shape index (κ1) is 29.1. The quantitative estimate of drug-likeness (QED) is 0.281. The number of amides is 1. The number of pyridine rings is 1. The SMILES string of the molecule is CCN[C@H]1CCN(c2ncc3c4c(c(-c5ncc(F)c6sc(NC(=O)OC(C)(C)C)c(C#N)c56)c(F)c3n2)COC4)[C@H]1C. The molecular formula is C30H31F2N7O3S. The van der Waals surface area contributed by atoms with E-state index in [-0.39, 0.29) is 62.7 Å². The van der Waals surface area contributed by atoms with Crippen LogP contribution in [-0.4, -0.2) is 51.8 Å². The molecule has 2 aliphatic rings. The van der Waals surface area contributed by atoms with Crippen LogP contribution in [0.4, 0.5) is 24.5 Å². The van der Waals surface area contributed by atoms with Crippen LogP contribution in [0, 0.1) is 23.0 Å². The maximum absolute atomic E-state index is 16.8. The number of nitrogens with one attached hydrogen (secondary N) is 2. The third-order valence-corrected chi connectivity index (χ3v) is 8.91. The molecule has 2 atom stereocenters. The highest BCUT2D eigenvalue weighted by molar-refractivity contribution is 7.23. The Kier molecular flexibility index (Phi) is 7.40. The predicted octanol–water partition coefficient (Wildman–Crippen LogP) is 6.01. The average Bonchev–Trinajstić information content (AvgIpc) is 3.67. The van der Waals surface area contributed by atoms with Crippen molar-refractivity contribution in [3.05, 3.63) is 40.7 Å². The first-order chi connectivity index (χ1) is 20.5. The zero-order valence-electron chi connectivity index (χ0n) is 24.5. The molecule has 3 aromatic heterocycles. The van der Waals surface area contributed by atoms with Crippen LogP contribution in [0.1, 0.15) is 57.7 Å². The van der Waals surface area contributed by atoms with Gasteiger partial charge >= 0.3 is 6.09 Å². The van der Waals surface area contributed by atoms with E-state index in [9.17, 15) is 10.1 Å². The molecular weight excluding hydrogens is 576 g/mol. The number of carbonyl (C=O) groups is 1. The summed E-state index contributed by atoms with van der Waals surface area (Å²) in [6.07, 6.45) is 2.74. The number of hydrogen-bond donors (Lipinski definition) is 2. The predicted molar refractivity (Wildman–Crippen MR) is 160 cm³/mol. The Morgan fingerprint density at radius 3 is 2.74 bits per heavy atom. The number of nitrogens with zero attached hydrogens (tertiary/aromatic N) is 5. The van der Waals surface area contributed by atoms with Crippen molar-refractivity contribution in [2.24, 2.45) is 0 Å². The van der Waals surface area contributed by atoms with E-state index in [0.717, 1.165) is 42.6 Å². The second kappa shape index (κ2) is 10.9. The summed E-state index contributed by atoms with van der Waals surface area (Å²) in [6.45, 7) is 11.1. The van der Waals surface area contributed by atoms with Crippen LogP contribution in [-0.2, 0) is 22.7 Å². The largest absolute Gasteiger partial charge is 0.444 e. The fourth-order valence-electron chi connectivity index (χ4n) is 5.90. The molecule has 1 aromatic carbocycles. The van der Waals surface area contributed by atoms with Gasteiger partial charge in [0.2, 0.25) is 5.95 Å². The lowest BCUT2D eigenvalue weighted by Gasteiger charge is -2.25. The number of aromatic nitrogens is 3. The molecule has 0 bridgehead atoms. The normalized spacial score (nSPS) is 18.3. The van der Waals surface area contributed by atoms with Crippen LogP contribution in [0.2, 0.25) is 0 Å². The molecule has 2 aliphatic heterocycles. The molecule has 13 heteroatoms. The molecule has 10 nitrogen and oxygen atoms in total. The maximum Gasteiger partial charge on any atom is 0.412 e. The molecule has 0 aliphatic carbocycles. The van der Waals surface area contributed by atoms with Gasteiger partial charge in [0.25, 0.3) is 0 Å². The lowest BCUT2D eigenvalue weighted by atomic mass is 9.94. The van der Waals surface area contributed by atoms with Gasteiger partial charge in [0.1, 0.15) is 22.2 Å². The number of anilines is 2. The molecule has 0 saturated carbocycles. The smallest absolute Gasteiger partial charge is 0.412 e. The summed E-state index contributed by atoms with van der Waals surface area (Å²) in [6, 6.07) is 2.43. The van der Waals surface area contributed by atoms with Gasteiger partial charge in [0.15, 0.2) is 11.6 Å². The van der Waals surface area contributed by atoms with E-state index in [0.29, 0.717) is 16.9 Å². The van der Waals surface area contributed by atoms with Crippen molar-refractivity contribution in [2.45, 2.75) is 71.9 Å². The molecule has 0 spiro atoms. The molecule has 43 heavy (non-hydrogen) atoms. The number of hydrogen-bond acceptors (Lipinski definition) is 10. The summed E-state index contributed by atoms with van der Waals surface area (Å²) in [7, 11) is 0. The first-order valence-electron chi connectivity index (χ1n) is 14.1. The van der Waals surface area contributed by atoms with Gasteiger partial charge in [-0.1, -0.05) is 6.92 Å². The van der Waals surface area contributed by atoms with Crippen molar-refractivity contribution in [1.29, 1.82) is 5.26 Å². The number of nitriles is 1. The van der Waals surface area contributed by atoms with Crippen LogP contribution >= 0.6 is 11.3 Å². The molecule has 2 N–H and O–H groups in total. The number of thiophene rings is 1. The third-order valence-electron chi connectivity index (χ3n) is 7.80. The van der Waals surface area contributed by atoms with Crippen LogP contribution in [0.15, 0.2) is 12.4 Å². The minimum atomic E-state index is -0.798. The Morgan fingerprint density at radius 1 is 1.26 bits per heavy atom. The summed E-state index contributed by atoms with van der Waals surface area (Å²) in [4.78, 5) is 28.2. The van der Waals surface area contributed by atoms with Crippen molar-refractivity contribution in [1.82, 2.24) is 20.3 Å². The standard InChI is InChI=1S/C30H31F2N7O3S/c1-6-34-20-7-8-39(14(20)2)28-36-10-16-17-12-41-13-18(17)21(23(32)24(16)37-28)25-22-15(9-33)27(38-29(40)42-30(3,4)5)43-26(22)19(31)11-35-25/h10-11,14,20,34H,6-8,12-13H2,1-5H3,(H,38,40)/t14-,20-/m0/s1. The highest BCUT2D eigenvalue weighted by Crippen LogP contribution is 2.46. The number of fused-ring (bicyclic) bond motifs is 4. The minimum absolute atomic E-state index is 0.0382. The Morgan fingerprint density at radius 2 is 2.02 bits per heavy atom. The first-order valence-corrected chi connectivity index (χ1v) is 14.9. The summed E-state index contributed by atoms with van der Waals surface area (Å²) in [5.41, 5.74) is 0.698. The Balaban J connectivity index is 1.53. The van der Waals surface area contributed by atoms with Crippen molar-refractivity contribution in [3.8, 4) is 17.3 Å². The van der Waals surface area contributed by atoms with E-state index in [2.05, 4.69) is 45.4 Å². The van der Waals surface area contributed by atoms with Crippen LogP contribution in [0.5, 0.6) is 0 Å². The summed E-state index contributed by atoms with van der Waals surface area (Å²) >= 11 is 0.863. The number of benzene rings is 1. The lowest BCUT2D eigenvalue weighted by molar-refractivity contribution is 0.0636. The zero-order valence-corrected chi connectivity index (χ0v) is 25.3. The number of ether oxygens (including phenoxy) is 2. The van der Waals surface area contributed by atoms with Crippen molar-refractivity contribution < 1.29 is 23.0 Å². The molecule has 5 heterocycles. The van der Waals surface area contributed by atoms with Crippen LogP contribution in [0.25, 0.3) is 32.2 Å². The maximum atomic E-state index is 16.8.